The second-order valence-electron chi connectivity index (χ2n) is 4.44. The van der Waals surface area contributed by atoms with Gasteiger partial charge in [-0.3, -0.25) is 0 Å². The minimum atomic E-state index is -4.35. The van der Waals surface area contributed by atoms with Crippen LogP contribution in [0.5, 0.6) is 0 Å². The monoisotopic (exact) mass is 328 g/mol. The Bertz CT molecular complexity index is 798. The van der Waals surface area contributed by atoms with Gasteiger partial charge in [-0.25, -0.2) is 9.97 Å². The van der Waals surface area contributed by atoms with E-state index in [1.807, 2.05) is 11.4 Å². The van der Waals surface area contributed by atoms with Gasteiger partial charge in [0.05, 0.1) is 5.56 Å². The molecule has 21 heavy (non-hydrogen) atoms. The van der Waals surface area contributed by atoms with Crippen molar-refractivity contribution >= 4 is 33.2 Å². The van der Waals surface area contributed by atoms with E-state index in [9.17, 15) is 13.2 Å². The standard InChI is InChI=1S/C14H8ClF3N2S/c15-12-10-4-5-21-13(10)20-11(19-12)7-8-2-1-3-9(6-8)14(16,17)18/h1-6H,7H2. The quantitative estimate of drug-likeness (QED) is 0.622. The summed E-state index contributed by atoms with van der Waals surface area (Å²) in [6.07, 6.45) is -4.15. The summed E-state index contributed by atoms with van der Waals surface area (Å²) >= 11 is 7.47. The fraction of sp³-hybridized carbons (Fsp3) is 0.143. The van der Waals surface area contributed by atoms with Crippen LogP contribution in [-0.2, 0) is 12.6 Å². The molecule has 108 valence electrons. The second kappa shape index (κ2) is 5.27. The van der Waals surface area contributed by atoms with Crippen LogP contribution in [0.15, 0.2) is 35.7 Å². The topological polar surface area (TPSA) is 25.8 Å². The first-order chi connectivity index (χ1) is 9.93. The fourth-order valence-electron chi connectivity index (χ4n) is 1.98. The van der Waals surface area contributed by atoms with Crippen LogP contribution in [0.25, 0.3) is 10.2 Å². The summed E-state index contributed by atoms with van der Waals surface area (Å²) in [6, 6.07) is 6.96. The van der Waals surface area contributed by atoms with E-state index in [0.717, 1.165) is 22.3 Å². The maximum Gasteiger partial charge on any atom is 0.416 e. The first kappa shape index (κ1) is 14.3. The average molecular weight is 329 g/mol. The van der Waals surface area contributed by atoms with E-state index in [4.69, 9.17) is 11.6 Å². The lowest BCUT2D eigenvalue weighted by Crippen LogP contribution is -2.06. The van der Waals surface area contributed by atoms with Crippen molar-refractivity contribution in [3.63, 3.8) is 0 Å². The predicted octanol–water partition coefficient (Wildman–Crippen LogP) is 4.95. The van der Waals surface area contributed by atoms with E-state index in [-0.39, 0.29) is 6.42 Å². The molecule has 2 heterocycles. The summed E-state index contributed by atoms with van der Waals surface area (Å²) in [5, 5.41) is 2.93. The Morgan fingerprint density at radius 3 is 2.71 bits per heavy atom. The highest BCUT2D eigenvalue weighted by Crippen LogP contribution is 2.30. The van der Waals surface area contributed by atoms with E-state index in [1.165, 1.54) is 17.4 Å². The van der Waals surface area contributed by atoms with Crippen molar-refractivity contribution in [3.8, 4) is 0 Å². The number of benzene rings is 1. The van der Waals surface area contributed by atoms with Gasteiger partial charge in [0, 0.05) is 11.8 Å². The van der Waals surface area contributed by atoms with Crippen LogP contribution in [0.4, 0.5) is 13.2 Å². The number of thiophene rings is 1. The molecule has 7 heteroatoms. The lowest BCUT2D eigenvalue weighted by molar-refractivity contribution is -0.137. The van der Waals surface area contributed by atoms with Crippen LogP contribution in [0, 0.1) is 0 Å². The van der Waals surface area contributed by atoms with Gasteiger partial charge in [-0.2, -0.15) is 13.2 Å². The molecule has 0 unspecified atom stereocenters. The van der Waals surface area contributed by atoms with Gasteiger partial charge in [0.25, 0.3) is 0 Å². The van der Waals surface area contributed by atoms with Gasteiger partial charge in [0.2, 0.25) is 0 Å². The number of rotatable bonds is 2. The van der Waals surface area contributed by atoms with E-state index in [2.05, 4.69) is 9.97 Å². The Labute approximate surface area is 127 Å². The highest BCUT2D eigenvalue weighted by Gasteiger charge is 2.30. The van der Waals surface area contributed by atoms with Gasteiger partial charge in [-0.05, 0) is 23.1 Å². The lowest BCUT2D eigenvalue weighted by atomic mass is 10.1. The Hall–Kier alpha value is -1.66. The molecule has 0 saturated heterocycles. The summed E-state index contributed by atoms with van der Waals surface area (Å²) in [4.78, 5) is 9.20. The zero-order valence-electron chi connectivity index (χ0n) is 10.5. The van der Waals surface area contributed by atoms with E-state index >= 15 is 0 Å². The Morgan fingerprint density at radius 1 is 1.14 bits per heavy atom. The molecule has 0 saturated carbocycles. The summed E-state index contributed by atoms with van der Waals surface area (Å²) in [5.74, 6) is 0.411. The van der Waals surface area contributed by atoms with Gasteiger partial charge in [0.1, 0.15) is 15.8 Å². The van der Waals surface area contributed by atoms with Crippen molar-refractivity contribution in [2.45, 2.75) is 12.6 Å². The predicted molar refractivity (Wildman–Crippen MR) is 76.7 cm³/mol. The molecular formula is C14H8ClF3N2S. The normalized spacial score (nSPS) is 12.0. The van der Waals surface area contributed by atoms with Gasteiger partial charge in [0.15, 0.2) is 0 Å². The van der Waals surface area contributed by atoms with E-state index in [0.29, 0.717) is 16.5 Å². The first-order valence-corrected chi connectivity index (χ1v) is 7.25. The van der Waals surface area contributed by atoms with Crippen LogP contribution in [-0.4, -0.2) is 9.97 Å². The van der Waals surface area contributed by atoms with E-state index in [1.54, 1.807) is 6.07 Å². The molecule has 0 aliphatic rings. The third kappa shape index (κ3) is 3.01. The van der Waals surface area contributed by atoms with Crippen LogP contribution in [0.2, 0.25) is 5.15 Å². The number of alkyl halides is 3. The number of hydrogen-bond acceptors (Lipinski definition) is 3. The van der Waals surface area contributed by atoms with E-state index < -0.39 is 11.7 Å². The molecule has 0 N–H and O–H groups in total. The van der Waals surface area contributed by atoms with Crippen molar-refractivity contribution in [1.82, 2.24) is 9.97 Å². The summed E-state index contributed by atoms with van der Waals surface area (Å²) in [7, 11) is 0. The number of aromatic nitrogens is 2. The molecule has 0 amide bonds. The van der Waals surface area contributed by atoms with Gasteiger partial charge < -0.3 is 0 Å². The molecule has 0 radical (unpaired) electrons. The van der Waals surface area contributed by atoms with Crippen molar-refractivity contribution in [1.29, 1.82) is 0 Å². The molecule has 1 aromatic carbocycles. The molecular weight excluding hydrogens is 321 g/mol. The minimum Gasteiger partial charge on any atom is -0.222 e. The third-order valence-electron chi connectivity index (χ3n) is 2.94. The molecule has 0 fully saturated rings. The third-order valence-corrected chi connectivity index (χ3v) is 4.04. The fourth-order valence-corrected chi connectivity index (χ4v) is 3.07. The number of hydrogen-bond donors (Lipinski definition) is 0. The number of nitrogens with zero attached hydrogens (tertiary/aromatic N) is 2. The molecule has 0 aliphatic heterocycles. The van der Waals surface area contributed by atoms with Crippen LogP contribution in [0.3, 0.4) is 0 Å². The van der Waals surface area contributed by atoms with Crippen molar-refractivity contribution in [3.05, 3.63) is 57.8 Å². The van der Waals surface area contributed by atoms with Crippen LogP contribution in [0.1, 0.15) is 17.0 Å². The first-order valence-electron chi connectivity index (χ1n) is 5.99. The Morgan fingerprint density at radius 2 is 1.95 bits per heavy atom. The van der Waals surface area contributed by atoms with Gasteiger partial charge in [-0.15, -0.1) is 11.3 Å². The second-order valence-corrected chi connectivity index (χ2v) is 5.70. The Kier molecular flexibility index (Phi) is 3.59. The number of fused-ring (bicyclic) bond motifs is 1. The molecule has 0 spiro atoms. The minimum absolute atomic E-state index is 0.206. The lowest BCUT2D eigenvalue weighted by Gasteiger charge is -2.08. The van der Waals surface area contributed by atoms with Crippen molar-refractivity contribution in [2.75, 3.05) is 0 Å². The molecule has 2 aromatic heterocycles. The summed E-state index contributed by atoms with van der Waals surface area (Å²) in [6.45, 7) is 0. The molecule has 3 aromatic rings. The largest absolute Gasteiger partial charge is 0.416 e. The highest BCUT2D eigenvalue weighted by atomic mass is 35.5. The maximum atomic E-state index is 12.7. The summed E-state index contributed by atoms with van der Waals surface area (Å²) < 4.78 is 38.1. The smallest absolute Gasteiger partial charge is 0.222 e. The average Bonchev–Trinajstić information content (AvgIpc) is 2.87. The Balaban J connectivity index is 1.95. The van der Waals surface area contributed by atoms with Crippen molar-refractivity contribution < 1.29 is 13.2 Å². The number of halogens is 4. The molecule has 0 atom stereocenters. The molecule has 0 aliphatic carbocycles. The highest BCUT2D eigenvalue weighted by molar-refractivity contribution is 7.16. The van der Waals surface area contributed by atoms with Crippen LogP contribution >= 0.6 is 22.9 Å². The van der Waals surface area contributed by atoms with Crippen molar-refractivity contribution in [2.24, 2.45) is 0 Å². The SMILES string of the molecule is FC(F)(F)c1cccc(Cc2nc(Cl)c3ccsc3n2)c1. The van der Waals surface area contributed by atoms with Gasteiger partial charge >= 0.3 is 6.18 Å². The maximum absolute atomic E-state index is 12.7. The molecule has 0 bridgehead atoms. The molecule has 3 rings (SSSR count). The zero-order valence-corrected chi connectivity index (χ0v) is 12.1. The zero-order chi connectivity index (χ0) is 15.0. The summed E-state index contributed by atoms with van der Waals surface area (Å²) in [5.41, 5.74) is -0.180. The van der Waals surface area contributed by atoms with Crippen LogP contribution < -0.4 is 0 Å². The molecule has 2 nitrogen and oxygen atoms in total. The van der Waals surface area contributed by atoms with Gasteiger partial charge in [-0.1, -0.05) is 29.8 Å².